The van der Waals surface area contributed by atoms with Gasteiger partial charge in [0.1, 0.15) is 0 Å². The second-order valence-electron chi connectivity index (χ2n) is 13.6. The van der Waals surface area contributed by atoms with Gasteiger partial charge in [-0.1, -0.05) is 170 Å². The summed E-state index contributed by atoms with van der Waals surface area (Å²) in [7, 11) is 0. The number of hydrogen-bond acceptors (Lipinski definition) is 3. The zero-order valence-corrected chi connectivity index (χ0v) is 29.9. The van der Waals surface area contributed by atoms with E-state index >= 15 is 0 Å². The van der Waals surface area contributed by atoms with Crippen molar-refractivity contribution in [1.82, 2.24) is 19.5 Å². The minimum Gasteiger partial charge on any atom is -0.309 e. The van der Waals surface area contributed by atoms with Crippen LogP contribution in [0.2, 0.25) is 0 Å². The Kier molecular flexibility index (Phi) is 8.12. The number of para-hydroxylation sites is 1. The number of hydrogen-bond donors (Lipinski definition) is 0. The first-order chi connectivity index (χ1) is 27.3. The topological polar surface area (TPSA) is 43.6 Å². The van der Waals surface area contributed by atoms with Crippen LogP contribution in [0.3, 0.4) is 0 Å². The first-order valence-corrected chi connectivity index (χ1v) is 18.5. The van der Waals surface area contributed by atoms with Crippen LogP contribution in [0.4, 0.5) is 0 Å². The Bertz CT molecular complexity index is 2940. The van der Waals surface area contributed by atoms with E-state index in [0.717, 1.165) is 72.0 Å². The maximum absolute atomic E-state index is 5.31. The highest BCUT2D eigenvalue weighted by Gasteiger charge is 2.23. The maximum atomic E-state index is 5.31. The molecule has 0 bridgehead atoms. The van der Waals surface area contributed by atoms with Gasteiger partial charge in [0, 0.05) is 33.2 Å². The van der Waals surface area contributed by atoms with Crippen LogP contribution in [0.25, 0.3) is 95.0 Å². The molecule has 0 N–H and O–H groups in total. The van der Waals surface area contributed by atoms with Crippen LogP contribution < -0.4 is 0 Å². The van der Waals surface area contributed by atoms with Crippen LogP contribution in [0.1, 0.15) is 0 Å². The number of aromatic nitrogens is 4. The molecule has 2 heterocycles. The molecule has 0 amide bonds. The third kappa shape index (κ3) is 5.96. The molecule has 0 unspecified atom stereocenters. The molecular formula is C51H34N4. The lowest BCUT2D eigenvalue weighted by Crippen LogP contribution is -2.00. The monoisotopic (exact) mass is 702 g/mol. The second-order valence-corrected chi connectivity index (χ2v) is 13.6. The molecule has 0 saturated heterocycles. The highest BCUT2D eigenvalue weighted by molar-refractivity contribution is 6.21. The number of benzene rings is 8. The van der Waals surface area contributed by atoms with Gasteiger partial charge in [0.05, 0.1) is 11.0 Å². The third-order valence-corrected chi connectivity index (χ3v) is 10.2. The average Bonchev–Trinajstić information content (AvgIpc) is 3.62. The molecule has 0 saturated carbocycles. The van der Waals surface area contributed by atoms with Crippen LogP contribution in [0.5, 0.6) is 0 Å². The van der Waals surface area contributed by atoms with Crippen LogP contribution in [-0.4, -0.2) is 19.5 Å². The van der Waals surface area contributed by atoms with Crippen LogP contribution >= 0.6 is 0 Å². The van der Waals surface area contributed by atoms with E-state index in [1.165, 1.54) is 5.56 Å². The molecule has 4 heteroatoms. The molecule has 4 nitrogen and oxygen atoms in total. The van der Waals surface area contributed by atoms with E-state index in [2.05, 4.69) is 187 Å². The molecule has 0 atom stereocenters. The molecular weight excluding hydrogens is 669 g/mol. The summed E-state index contributed by atoms with van der Waals surface area (Å²) in [6.45, 7) is 0. The lowest BCUT2D eigenvalue weighted by Gasteiger charge is -2.12. The summed E-state index contributed by atoms with van der Waals surface area (Å²) in [5.41, 5.74) is 13.0. The van der Waals surface area contributed by atoms with Crippen LogP contribution in [0, 0.1) is 0 Å². The van der Waals surface area contributed by atoms with Crippen molar-refractivity contribution < 1.29 is 0 Å². The fourth-order valence-corrected chi connectivity index (χ4v) is 7.68. The van der Waals surface area contributed by atoms with Crippen molar-refractivity contribution in [1.29, 1.82) is 0 Å². The average molecular weight is 703 g/mol. The molecule has 55 heavy (non-hydrogen) atoms. The first kappa shape index (κ1) is 32.2. The predicted molar refractivity (Wildman–Crippen MR) is 227 cm³/mol. The fraction of sp³-hybridized carbons (Fsp3) is 0. The molecule has 0 aliphatic rings. The quantitative estimate of drug-likeness (QED) is 0.166. The van der Waals surface area contributed by atoms with Gasteiger partial charge in [-0.15, -0.1) is 0 Å². The summed E-state index contributed by atoms with van der Waals surface area (Å²) in [5.74, 6) is 1.88. The Morgan fingerprint density at radius 2 is 0.745 bits per heavy atom. The van der Waals surface area contributed by atoms with E-state index in [4.69, 9.17) is 15.0 Å². The highest BCUT2D eigenvalue weighted by atomic mass is 15.0. The Hall–Kier alpha value is -7.43. The van der Waals surface area contributed by atoms with E-state index in [0.29, 0.717) is 17.5 Å². The van der Waals surface area contributed by atoms with E-state index in [-0.39, 0.29) is 0 Å². The Balaban J connectivity index is 1.30. The van der Waals surface area contributed by atoms with Gasteiger partial charge in [0.25, 0.3) is 0 Å². The van der Waals surface area contributed by atoms with Crippen molar-refractivity contribution in [2.45, 2.75) is 0 Å². The molecule has 0 aliphatic carbocycles. The summed E-state index contributed by atoms with van der Waals surface area (Å²) in [5, 5.41) is 2.24. The Morgan fingerprint density at radius 1 is 0.273 bits per heavy atom. The molecule has 0 aliphatic heterocycles. The lowest BCUT2D eigenvalue weighted by atomic mass is 9.93. The molecule has 10 rings (SSSR count). The van der Waals surface area contributed by atoms with E-state index in [1.54, 1.807) is 0 Å². The Morgan fingerprint density at radius 3 is 1.40 bits per heavy atom. The minimum absolute atomic E-state index is 0.623. The van der Waals surface area contributed by atoms with Gasteiger partial charge in [-0.05, 0) is 69.8 Å². The summed E-state index contributed by atoms with van der Waals surface area (Å²) in [6.07, 6.45) is 0. The molecule has 10 aromatic rings. The smallest absolute Gasteiger partial charge is 0.164 e. The van der Waals surface area contributed by atoms with E-state index < -0.39 is 0 Å². The standard InChI is InChI=1S/C51H34N4/c1-6-18-35(19-7-1)39-26-16-27-40(32-39)50-52-49(38-24-12-4-13-25-38)53-51(54-50)43-30-17-31-45-47(43)48-44(37-22-10-3-11-23-37)33-41(36-20-8-2-9-21-36)34-46(48)55(45)42-28-14-5-15-29-42/h1-34H. The van der Waals surface area contributed by atoms with Gasteiger partial charge in [-0.2, -0.15) is 0 Å². The van der Waals surface area contributed by atoms with Crippen LogP contribution in [-0.2, 0) is 0 Å². The maximum Gasteiger partial charge on any atom is 0.164 e. The zero-order chi connectivity index (χ0) is 36.6. The summed E-state index contributed by atoms with van der Waals surface area (Å²) in [6, 6.07) is 72.2. The lowest BCUT2D eigenvalue weighted by molar-refractivity contribution is 1.08. The largest absolute Gasteiger partial charge is 0.309 e. The zero-order valence-electron chi connectivity index (χ0n) is 29.9. The summed E-state index contributed by atoms with van der Waals surface area (Å²) < 4.78 is 2.39. The van der Waals surface area contributed by atoms with Crippen molar-refractivity contribution in [3.8, 4) is 73.2 Å². The summed E-state index contributed by atoms with van der Waals surface area (Å²) in [4.78, 5) is 15.7. The van der Waals surface area contributed by atoms with Gasteiger partial charge in [-0.25, -0.2) is 15.0 Å². The normalized spacial score (nSPS) is 11.3. The SMILES string of the molecule is c1ccc(-c2cccc(-c3nc(-c4ccccc4)nc(-c4cccc5c4c4c(-c6ccccc6)cc(-c6ccccc6)cc4n5-c4ccccc4)n3)c2)cc1. The van der Waals surface area contributed by atoms with Crippen molar-refractivity contribution in [3.63, 3.8) is 0 Å². The van der Waals surface area contributed by atoms with Crippen molar-refractivity contribution >= 4 is 21.8 Å². The van der Waals surface area contributed by atoms with E-state index in [9.17, 15) is 0 Å². The van der Waals surface area contributed by atoms with Crippen LogP contribution in [0.15, 0.2) is 206 Å². The van der Waals surface area contributed by atoms with Gasteiger partial charge in [0.15, 0.2) is 17.5 Å². The van der Waals surface area contributed by atoms with Gasteiger partial charge in [-0.3, -0.25) is 0 Å². The second kappa shape index (κ2) is 13.8. The first-order valence-electron chi connectivity index (χ1n) is 18.5. The van der Waals surface area contributed by atoms with Gasteiger partial charge >= 0.3 is 0 Å². The minimum atomic E-state index is 0.623. The number of fused-ring (bicyclic) bond motifs is 3. The molecule has 0 fully saturated rings. The van der Waals surface area contributed by atoms with Gasteiger partial charge < -0.3 is 4.57 Å². The molecule has 258 valence electrons. The van der Waals surface area contributed by atoms with Crippen molar-refractivity contribution in [2.75, 3.05) is 0 Å². The van der Waals surface area contributed by atoms with E-state index in [1.807, 2.05) is 24.3 Å². The molecule has 8 aromatic carbocycles. The number of nitrogens with zero attached hydrogens (tertiary/aromatic N) is 4. The highest BCUT2D eigenvalue weighted by Crippen LogP contribution is 2.45. The third-order valence-electron chi connectivity index (χ3n) is 10.2. The molecule has 0 radical (unpaired) electrons. The predicted octanol–water partition coefficient (Wildman–Crippen LogP) is 13.0. The van der Waals surface area contributed by atoms with Crippen molar-refractivity contribution in [2.24, 2.45) is 0 Å². The molecule has 2 aromatic heterocycles. The fourth-order valence-electron chi connectivity index (χ4n) is 7.68. The molecule has 0 spiro atoms. The summed E-state index contributed by atoms with van der Waals surface area (Å²) >= 11 is 0. The number of rotatable bonds is 7. The van der Waals surface area contributed by atoms with Gasteiger partial charge in [0.2, 0.25) is 0 Å². The Labute approximate surface area is 319 Å². The van der Waals surface area contributed by atoms with Crippen molar-refractivity contribution in [3.05, 3.63) is 206 Å².